The van der Waals surface area contributed by atoms with Crippen molar-refractivity contribution in [3.8, 4) is 0 Å². The van der Waals surface area contributed by atoms with E-state index in [0.29, 0.717) is 13.1 Å². The molecule has 6 nitrogen and oxygen atoms in total. The summed E-state index contributed by atoms with van der Waals surface area (Å²) in [5.41, 5.74) is 2.79. The van der Waals surface area contributed by atoms with Crippen molar-refractivity contribution < 1.29 is 0 Å². The van der Waals surface area contributed by atoms with Gasteiger partial charge in [-0.05, 0) is 36.4 Å². The van der Waals surface area contributed by atoms with E-state index in [-0.39, 0.29) is 0 Å². The molecule has 0 saturated heterocycles. The van der Waals surface area contributed by atoms with Crippen LogP contribution < -0.4 is 0 Å². The maximum Gasteiger partial charge on any atom is 0.0807 e. The van der Waals surface area contributed by atoms with Crippen molar-refractivity contribution in [3.63, 3.8) is 0 Å². The average molecular weight is 372 g/mol. The van der Waals surface area contributed by atoms with Gasteiger partial charge < -0.3 is 0 Å². The summed E-state index contributed by atoms with van der Waals surface area (Å²) in [7, 11) is 0. The molecule has 3 aromatic rings. The Morgan fingerprint density at radius 1 is 0.679 bits per heavy atom. The molecule has 0 aromatic carbocycles. The van der Waals surface area contributed by atoms with Crippen LogP contribution in [0.2, 0.25) is 0 Å². The number of hydrogen-bond donors (Lipinski definition) is 0. The fourth-order valence-corrected chi connectivity index (χ4v) is 2.61. The molecule has 0 aliphatic carbocycles. The van der Waals surface area contributed by atoms with Crippen molar-refractivity contribution >= 4 is 12.4 Å². The lowest BCUT2D eigenvalue weighted by atomic mass is 10.3. The molecule has 0 amide bonds. The first-order valence-electron chi connectivity index (χ1n) is 9.34. The number of aliphatic imine (C=N–C) groups is 2. The molecule has 0 bridgehead atoms. The van der Waals surface area contributed by atoms with Crippen LogP contribution in [0.25, 0.3) is 0 Å². The van der Waals surface area contributed by atoms with Gasteiger partial charge in [-0.2, -0.15) is 0 Å². The van der Waals surface area contributed by atoms with E-state index in [1.165, 1.54) is 0 Å². The third kappa shape index (κ3) is 7.17. The Balaban J connectivity index is 1.52. The van der Waals surface area contributed by atoms with Gasteiger partial charge in [0.15, 0.2) is 0 Å². The second kappa shape index (κ2) is 11.5. The summed E-state index contributed by atoms with van der Waals surface area (Å²) in [6.45, 7) is 3.85. The third-order valence-electron chi connectivity index (χ3n) is 4.03. The highest BCUT2D eigenvalue weighted by Gasteiger charge is 2.06. The zero-order valence-corrected chi connectivity index (χ0v) is 15.8. The normalized spacial score (nSPS) is 11.6. The molecule has 3 aromatic heterocycles. The van der Waals surface area contributed by atoms with Gasteiger partial charge in [0, 0.05) is 50.7 Å². The summed E-state index contributed by atoms with van der Waals surface area (Å²) >= 11 is 0. The van der Waals surface area contributed by atoms with Gasteiger partial charge in [0.05, 0.1) is 30.2 Å². The SMILES string of the molecule is C(=NCCN(CCN=Cc1ccccn1)Cc1ccccn1)c1ccccn1. The first-order chi connectivity index (χ1) is 13.9. The predicted octanol–water partition coefficient (Wildman–Crippen LogP) is 2.91. The van der Waals surface area contributed by atoms with Gasteiger partial charge in [0.25, 0.3) is 0 Å². The van der Waals surface area contributed by atoms with Crippen LogP contribution in [0.1, 0.15) is 17.1 Å². The van der Waals surface area contributed by atoms with E-state index in [0.717, 1.165) is 36.7 Å². The molecule has 0 unspecified atom stereocenters. The minimum absolute atomic E-state index is 0.702. The lowest BCUT2D eigenvalue weighted by Crippen LogP contribution is -2.29. The predicted molar refractivity (Wildman–Crippen MR) is 113 cm³/mol. The minimum Gasteiger partial charge on any atom is -0.294 e. The first kappa shape index (κ1) is 19.5. The van der Waals surface area contributed by atoms with Crippen LogP contribution in [0.4, 0.5) is 0 Å². The maximum atomic E-state index is 4.50. The second-order valence-corrected chi connectivity index (χ2v) is 6.18. The zero-order chi connectivity index (χ0) is 19.3. The second-order valence-electron chi connectivity index (χ2n) is 6.18. The fourth-order valence-electron chi connectivity index (χ4n) is 2.61. The smallest absolute Gasteiger partial charge is 0.0807 e. The molecule has 0 radical (unpaired) electrons. The van der Waals surface area contributed by atoms with Gasteiger partial charge >= 0.3 is 0 Å². The van der Waals surface area contributed by atoms with Gasteiger partial charge in [0.2, 0.25) is 0 Å². The van der Waals surface area contributed by atoms with Crippen molar-refractivity contribution in [2.24, 2.45) is 9.98 Å². The van der Waals surface area contributed by atoms with Gasteiger partial charge in [-0.1, -0.05) is 18.2 Å². The van der Waals surface area contributed by atoms with Crippen LogP contribution in [-0.4, -0.2) is 58.5 Å². The third-order valence-corrected chi connectivity index (χ3v) is 4.03. The summed E-state index contributed by atoms with van der Waals surface area (Å²) in [4.78, 5) is 24.3. The lowest BCUT2D eigenvalue weighted by molar-refractivity contribution is 0.278. The van der Waals surface area contributed by atoms with E-state index < -0.39 is 0 Å². The van der Waals surface area contributed by atoms with Crippen molar-refractivity contribution in [2.45, 2.75) is 6.54 Å². The van der Waals surface area contributed by atoms with Crippen LogP contribution >= 0.6 is 0 Å². The van der Waals surface area contributed by atoms with Crippen molar-refractivity contribution in [2.75, 3.05) is 26.2 Å². The molecule has 0 aliphatic rings. The summed E-state index contributed by atoms with van der Waals surface area (Å²) in [6.07, 6.45) is 9.00. The number of rotatable bonds is 10. The number of aromatic nitrogens is 3. The Labute approximate surface area is 165 Å². The molecule has 3 heterocycles. The van der Waals surface area contributed by atoms with Gasteiger partial charge in [-0.15, -0.1) is 0 Å². The molecule has 6 heteroatoms. The highest BCUT2D eigenvalue weighted by Crippen LogP contribution is 2.01. The van der Waals surface area contributed by atoms with Crippen molar-refractivity contribution in [1.29, 1.82) is 0 Å². The Bertz CT molecular complexity index is 796. The summed E-state index contributed by atoms with van der Waals surface area (Å²) in [5, 5.41) is 0. The monoisotopic (exact) mass is 372 g/mol. The minimum atomic E-state index is 0.702. The number of pyridine rings is 3. The molecule has 0 N–H and O–H groups in total. The topological polar surface area (TPSA) is 66.6 Å². The van der Waals surface area contributed by atoms with E-state index in [9.17, 15) is 0 Å². The Morgan fingerprint density at radius 2 is 1.21 bits per heavy atom. The van der Waals surface area contributed by atoms with E-state index in [1.54, 1.807) is 12.4 Å². The number of nitrogens with zero attached hydrogens (tertiary/aromatic N) is 6. The molecule has 0 spiro atoms. The molecular formula is C22H24N6. The van der Waals surface area contributed by atoms with Crippen molar-refractivity contribution in [3.05, 3.63) is 90.3 Å². The van der Waals surface area contributed by atoms with Crippen LogP contribution in [-0.2, 0) is 6.54 Å². The number of hydrogen-bond acceptors (Lipinski definition) is 6. The molecule has 142 valence electrons. The molecule has 3 rings (SSSR count). The van der Waals surface area contributed by atoms with E-state index >= 15 is 0 Å². The quantitative estimate of drug-likeness (QED) is 0.513. The molecule has 0 saturated carbocycles. The average Bonchev–Trinajstić information content (AvgIpc) is 2.76. The Morgan fingerprint density at radius 3 is 1.68 bits per heavy atom. The van der Waals surface area contributed by atoms with E-state index in [4.69, 9.17) is 0 Å². The summed E-state index contributed by atoms with van der Waals surface area (Å²) < 4.78 is 0. The molecule has 0 fully saturated rings. The Kier molecular flexibility index (Phi) is 7.99. The van der Waals surface area contributed by atoms with Crippen molar-refractivity contribution in [1.82, 2.24) is 19.9 Å². The van der Waals surface area contributed by atoms with E-state index in [2.05, 4.69) is 29.8 Å². The zero-order valence-electron chi connectivity index (χ0n) is 15.8. The Hall–Kier alpha value is -3.25. The molecular weight excluding hydrogens is 348 g/mol. The molecule has 0 atom stereocenters. The highest BCUT2D eigenvalue weighted by molar-refractivity contribution is 5.77. The maximum absolute atomic E-state index is 4.50. The highest BCUT2D eigenvalue weighted by atomic mass is 15.1. The van der Waals surface area contributed by atoms with E-state index in [1.807, 2.05) is 73.2 Å². The molecule has 0 aliphatic heterocycles. The summed E-state index contributed by atoms with van der Waals surface area (Å²) in [6, 6.07) is 17.6. The summed E-state index contributed by atoms with van der Waals surface area (Å²) in [5.74, 6) is 0. The first-order valence-corrected chi connectivity index (χ1v) is 9.34. The van der Waals surface area contributed by atoms with Gasteiger partial charge in [0.1, 0.15) is 0 Å². The lowest BCUT2D eigenvalue weighted by Gasteiger charge is -2.20. The van der Waals surface area contributed by atoms with Crippen LogP contribution in [0, 0.1) is 0 Å². The molecule has 28 heavy (non-hydrogen) atoms. The van der Waals surface area contributed by atoms with Gasteiger partial charge in [-0.25, -0.2) is 0 Å². The van der Waals surface area contributed by atoms with Gasteiger partial charge in [-0.3, -0.25) is 29.8 Å². The largest absolute Gasteiger partial charge is 0.294 e. The standard InChI is InChI=1S/C22H24N6/c1-4-10-25-20(7-1)17-23-13-15-28(19-22-9-3-6-12-27-22)16-14-24-18-21-8-2-5-11-26-21/h1-12,17-18H,13-16,19H2. The van der Waals surface area contributed by atoms with Crippen LogP contribution in [0.15, 0.2) is 83.2 Å². The van der Waals surface area contributed by atoms with Crippen LogP contribution in [0.3, 0.4) is 0 Å². The fraction of sp³-hybridized carbons (Fsp3) is 0.227. The van der Waals surface area contributed by atoms with Crippen LogP contribution in [0.5, 0.6) is 0 Å².